The van der Waals surface area contributed by atoms with Crippen LogP contribution in [0.3, 0.4) is 0 Å². The molecule has 0 atom stereocenters. The van der Waals surface area contributed by atoms with Gasteiger partial charge in [0.25, 0.3) is 0 Å². The van der Waals surface area contributed by atoms with Gasteiger partial charge in [0.2, 0.25) is 0 Å². The first-order valence-electron chi connectivity index (χ1n) is 10.7. The predicted molar refractivity (Wildman–Crippen MR) is 119 cm³/mol. The topological polar surface area (TPSA) is 77.1 Å². The molecule has 0 bridgehead atoms. The number of rotatable bonds is 10. The van der Waals surface area contributed by atoms with Crippen LogP contribution in [0.2, 0.25) is 0 Å². The van der Waals surface area contributed by atoms with Crippen molar-refractivity contribution in [3.05, 3.63) is 54.6 Å². The number of hydrogen-bond donors (Lipinski definition) is 3. The van der Waals surface area contributed by atoms with Crippen LogP contribution >= 0.6 is 0 Å². The van der Waals surface area contributed by atoms with E-state index in [1.807, 2.05) is 54.6 Å². The number of benzene rings is 2. The molecule has 2 amide bonds. The largest absolute Gasteiger partial charge is 0.455 e. The van der Waals surface area contributed by atoms with Gasteiger partial charge in [-0.3, -0.25) is 4.90 Å². The SMILES string of the molecule is O=C(NCCCCN1CCN(CCO)CC1)Nc1ccccc1Oc1ccccc1. The molecule has 162 valence electrons. The lowest BCUT2D eigenvalue weighted by atomic mass is 10.2. The molecule has 2 aromatic carbocycles. The second-order valence-corrected chi connectivity index (χ2v) is 7.41. The van der Waals surface area contributed by atoms with Crippen molar-refractivity contribution in [1.29, 1.82) is 0 Å². The maximum absolute atomic E-state index is 12.3. The molecule has 1 heterocycles. The highest BCUT2D eigenvalue weighted by molar-refractivity contribution is 5.90. The quantitative estimate of drug-likeness (QED) is 0.523. The van der Waals surface area contributed by atoms with Crippen LogP contribution in [-0.4, -0.2) is 73.4 Å². The van der Waals surface area contributed by atoms with Gasteiger partial charge in [-0.15, -0.1) is 0 Å². The number of amides is 2. The Morgan fingerprint density at radius 1 is 0.900 bits per heavy atom. The van der Waals surface area contributed by atoms with Gasteiger partial charge in [-0.25, -0.2) is 4.79 Å². The standard InChI is InChI=1S/C23H32N4O3/c28-19-18-27-16-14-26(15-17-27)13-7-6-12-24-23(29)25-21-10-4-5-11-22(21)30-20-8-2-1-3-9-20/h1-5,8-11,28H,6-7,12-19H2,(H2,24,25,29). The Kier molecular flexibility index (Phi) is 8.96. The molecule has 0 aliphatic carbocycles. The van der Waals surface area contributed by atoms with Gasteiger partial charge in [-0.1, -0.05) is 30.3 Å². The van der Waals surface area contributed by atoms with Gasteiger partial charge < -0.3 is 25.4 Å². The molecule has 1 fully saturated rings. The zero-order chi connectivity index (χ0) is 21.0. The van der Waals surface area contributed by atoms with Crippen LogP contribution in [0.4, 0.5) is 10.5 Å². The van der Waals surface area contributed by atoms with Gasteiger partial charge in [0.1, 0.15) is 5.75 Å². The maximum Gasteiger partial charge on any atom is 0.319 e. The molecule has 0 aromatic heterocycles. The summed E-state index contributed by atoms with van der Waals surface area (Å²) in [5.41, 5.74) is 0.639. The minimum absolute atomic E-state index is 0.225. The molecular formula is C23H32N4O3. The zero-order valence-electron chi connectivity index (χ0n) is 17.4. The number of nitrogens with zero attached hydrogens (tertiary/aromatic N) is 2. The second kappa shape index (κ2) is 12.2. The summed E-state index contributed by atoms with van der Waals surface area (Å²) in [6, 6.07) is 16.7. The minimum atomic E-state index is -0.225. The first kappa shape index (κ1) is 22.1. The van der Waals surface area contributed by atoms with Crippen molar-refractivity contribution < 1.29 is 14.6 Å². The first-order valence-corrected chi connectivity index (χ1v) is 10.7. The lowest BCUT2D eigenvalue weighted by Gasteiger charge is -2.34. The van der Waals surface area contributed by atoms with Gasteiger partial charge in [0, 0.05) is 39.3 Å². The molecule has 0 radical (unpaired) electrons. The number of ether oxygens (including phenoxy) is 1. The third kappa shape index (κ3) is 7.33. The van der Waals surface area contributed by atoms with E-state index < -0.39 is 0 Å². The predicted octanol–water partition coefficient (Wildman–Crippen LogP) is 2.99. The van der Waals surface area contributed by atoms with Gasteiger partial charge in [0.15, 0.2) is 5.75 Å². The number of urea groups is 1. The summed E-state index contributed by atoms with van der Waals surface area (Å²) in [7, 11) is 0. The van der Waals surface area contributed by atoms with E-state index in [0.717, 1.165) is 57.9 Å². The third-order valence-electron chi connectivity index (χ3n) is 5.17. The van der Waals surface area contributed by atoms with E-state index in [1.165, 1.54) is 0 Å². The fourth-order valence-electron chi connectivity index (χ4n) is 3.48. The van der Waals surface area contributed by atoms with E-state index in [9.17, 15) is 4.79 Å². The number of aliphatic hydroxyl groups is 1. The van der Waals surface area contributed by atoms with Crippen molar-refractivity contribution in [3.8, 4) is 11.5 Å². The highest BCUT2D eigenvalue weighted by Crippen LogP contribution is 2.28. The zero-order valence-corrected chi connectivity index (χ0v) is 17.4. The van der Waals surface area contributed by atoms with Crippen LogP contribution in [-0.2, 0) is 0 Å². The molecule has 0 spiro atoms. The average molecular weight is 413 g/mol. The summed E-state index contributed by atoms with van der Waals surface area (Å²) >= 11 is 0. The second-order valence-electron chi connectivity index (χ2n) is 7.41. The number of nitrogens with one attached hydrogen (secondary N) is 2. The number of carbonyl (C=O) groups excluding carboxylic acids is 1. The number of hydrogen-bond acceptors (Lipinski definition) is 5. The Balaban J connectivity index is 1.34. The minimum Gasteiger partial charge on any atom is -0.455 e. The normalized spacial score (nSPS) is 15.0. The first-order chi connectivity index (χ1) is 14.7. The summed E-state index contributed by atoms with van der Waals surface area (Å²) < 4.78 is 5.88. The maximum atomic E-state index is 12.3. The van der Waals surface area contributed by atoms with Gasteiger partial charge >= 0.3 is 6.03 Å². The van der Waals surface area contributed by atoms with Crippen molar-refractivity contribution in [2.45, 2.75) is 12.8 Å². The summed E-state index contributed by atoms with van der Waals surface area (Å²) in [6.45, 7) is 6.82. The molecule has 2 aromatic rings. The molecule has 3 N–H and O–H groups in total. The molecule has 7 heteroatoms. The number of piperazine rings is 1. The fraction of sp³-hybridized carbons (Fsp3) is 0.435. The Hall–Kier alpha value is -2.61. The molecule has 1 aliphatic heterocycles. The van der Waals surface area contributed by atoms with Crippen LogP contribution in [0.5, 0.6) is 11.5 Å². The molecule has 0 saturated carbocycles. The number of β-amino-alcohol motifs (C(OH)–C–C–N with tert-alkyl or cyclic N) is 1. The van der Waals surface area contributed by atoms with E-state index in [0.29, 0.717) is 18.0 Å². The average Bonchev–Trinajstić information content (AvgIpc) is 2.77. The highest BCUT2D eigenvalue weighted by atomic mass is 16.5. The highest BCUT2D eigenvalue weighted by Gasteiger charge is 2.15. The number of carbonyl (C=O) groups is 1. The van der Waals surface area contributed by atoms with Crippen LogP contribution < -0.4 is 15.4 Å². The fourth-order valence-corrected chi connectivity index (χ4v) is 3.48. The van der Waals surface area contributed by atoms with Crippen molar-refractivity contribution >= 4 is 11.7 Å². The number of unbranched alkanes of at least 4 members (excludes halogenated alkanes) is 1. The van der Waals surface area contributed by atoms with Crippen molar-refractivity contribution in [2.75, 3.05) is 57.7 Å². The third-order valence-corrected chi connectivity index (χ3v) is 5.17. The number of para-hydroxylation sites is 3. The summed E-state index contributed by atoms with van der Waals surface area (Å²) in [5.74, 6) is 1.34. The summed E-state index contributed by atoms with van der Waals surface area (Å²) in [6.07, 6.45) is 1.99. The molecular weight excluding hydrogens is 380 g/mol. The smallest absolute Gasteiger partial charge is 0.319 e. The number of anilines is 1. The van der Waals surface area contributed by atoms with Crippen LogP contribution in [0.15, 0.2) is 54.6 Å². The summed E-state index contributed by atoms with van der Waals surface area (Å²) in [5, 5.41) is 14.8. The Labute approximate surface area is 178 Å². The summed E-state index contributed by atoms with van der Waals surface area (Å²) in [4.78, 5) is 17.0. The molecule has 0 unspecified atom stereocenters. The van der Waals surface area contributed by atoms with Crippen LogP contribution in [0.1, 0.15) is 12.8 Å². The lowest BCUT2D eigenvalue weighted by Crippen LogP contribution is -2.47. The van der Waals surface area contributed by atoms with Crippen molar-refractivity contribution in [2.24, 2.45) is 0 Å². The van der Waals surface area contributed by atoms with E-state index in [2.05, 4.69) is 20.4 Å². The van der Waals surface area contributed by atoms with E-state index >= 15 is 0 Å². The number of aliphatic hydroxyl groups excluding tert-OH is 1. The van der Waals surface area contributed by atoms with Gasteiger partial charge in [-0.05, 0) is 43.7 Å². The Morgan fingerprint density at radius 2 is 1.57 bits per heavy atom. The van der Waals surface area contributed by atoms with Gasteiger partial charge in [0.05, 0.1) is 12.3 Å². The Morgan fingerprint density at radius 3 is 2.30 bits per heavy atom. The molecule has 30 heavy (non-hydrogen) atoms. The van der Waals surface area contributed by atoms with E-state index in [-0.39, 0.29) is 12.6 Å². The lowest BCUT2D eigenvalue weighted by molar-refractivity contribution is 0.111. The molecule has 1 aliphatic rings. The van der Waals surface area contributed by atoms with Crippen molar-refractivity contribution in [1.82, 2.24) is 15.1 Å². The monoisotopic (exact) mass is 412 g/mol. The molecule has 1 saturated heterocycles. The Bertz CT molecular complexity index is 764. The van der Waals surface area contributed by atoms with E-state index in [4.69, 9.17) is 9.84 Å². The van der Waals surface area contributed by atoms with Gasteiger partial charge in [-0.2, -0.15) is 0 Å². The van der Waals surface area contributed by atoms with E-state index in [1.54, 1.807) is 0 Å². The van der Waals surface area contributed by atoms with Crippen LogP contribution in [0.25, 0.3) is 0 Å². The van der Waals surface area contributed by atoms with Crippen LogP contribution in [0, 0.1) is 0 Å². The molecule has 7 nitrogen and oxygen atoms in total. The molecule has 3 rings (SSSR count). The van der Waals surface area contributed by atoms with Crippen molar-refractivity contribution in [3.63, 3.8) is 0 Å².